The Bertz CT molecular complexity index is 812. The molecule has 110 valence electrons. The van der Waals surface area contributed by atoms with Gasteiger partial charge in [-0.05, 0) is 26.8 Å². The summed E-state index contributed by atoms with van der Waals surface area (Å²) in [7, 11) is 1.79. The predicted octanol–water partition coefficient (Wildman–Crippen LogP) is 3.19. The normalized spacial score (nSPS) is 11.2. The second-order valence-corrected chi connectivity index (χ2v) is 6.46. The van der Waals surface area contributed by atoms with Crippen molar-refractivity contribution in [1.82, 2.24) is 14.3 Å². The largest absolute Gasteiger partial charge is 0.469 e. The third kappa shape index (κ3) is 2.47. The van der Waals surface area contributed by atoms with Crippen molar-refractivity contribution in [3.05, 3.63) is 46.1 Å². The van der Waals surface area contributed by atoms with Gasteiger partial charge in [0, 0.05) is 18.1 Å². The molecule has 0 N–H and O–H groups in total. The molecule has 0 saturated carbocycles. The number of hydrogen-bond acceptors (Lipinski definition) is 4. The van der Waals surface area contributed by atoms with Crippen LogP contribution >= 0.6 is 11.3 Å². The lowest BCUT2D eigenvalue weighted by molar-refractivity contribution is 0.0782. The Morgan fingerprint density at radius 3 is 2.86 bits per heavy atom. The molecular weight excluding hydrogens is 286 g/mol. The Labute approximate surface area is 126 Å². The molecule has 3 rings (SSSR count). The van der Waals surface area contributed by atoms with E-state index in [-0.39, 0.29) is 5.91 Å². The summed E-state index contributed by atoms with van der Waals surface area (Å²) < 4.78 is 7.27. The Hall–Kier alpha value is -2.08. The van der Waals surface area contributed by atoms with Crippen LogP contribution in [0.5, 0.6) is 0 Å². The summed E-state index contributed by atoms with van der Waals surface area (Å²) in [5.74, 6) is 0.691. The summed E-state index contributed by atoms with van der Waals surface area (Å²) >= 11 is 1.66. The number of nitrogens with zero attached hydrogens (tertiary/aromatic N) is 3. The molecule has 3 aromatic rings. The van der Waals surface area contributed by atoms with Crippen LogP contribution in [0.15, 0.2) is 22.9 Å². The van der Waals surface area contributed by atoms with Crippen LogP contribution in [0, 0.1) is 20.8 Å². The van der Waals surface area contributed by atoms with Crippen LogP contribution in [0.25, 0.3) is 4.96 Å². The molecular formula is C15H17N3O2S. The molecule has 0 aromatic carbocycles. The quantitative estimate of drug-likeness (QED) is 0.746. The molecule has 0 aliphatic rings. The first-order chi connectivity index (χ1) is 9.95. The van der Waals surface area contributed by atoms with E-state index in [9.17, 15) is 4.79 Å². The number of carbonyl (C=O) groups is 1. The second-order valence-electron chi connectivity index (χ2n) is 5.25. The number of imidazole rings is 1. The number of furan rings is 1. The molecule has 6 heteroatoms. The van der Waals surface area contributed by atoms with Crippen LogP contribution in [-0.2, 0) is 6.54 Å². The monoisotopic (exact) mass is 303 g/mol. The minimum atomic E-state index is -0.0480. The highest BCUT2D eigenvalue weighted by molar-refractivity contribution is 7.17. The van der Waals surface area contributed by atoms with E-state index < -0.39 is 0 Å². The molecule has 0 spiro atoms. The van der Waals surface area contributed by atoms with E-state index in [0.717, 1.165) is 22.1 Å². The van der Waals surface area contributed by atoms with Gasteiger partial charge in [-0.1, -0.05) is 0 Å². The van der Waals surface area contributed by atoms with Crippen LogP contribution in [-0.4, -0.2) is 27.2 Å². The van der Waals surface area contributed by atoms with Crippen molar-refractivity contribution in [1.29, 1.82) is 0 Å². The van der Waals surface area contributed by atoms with Gasteiger partial charge in [0.25, 0.3) is 5.91 Å². The lowest BCUT2D eigenvalue weighted by atomic mass is 10.2. The summed E-state index contributed by atoms with van der Waals surface area (Å²) in [4.78, 5) is 20.8. The van der Waals surface area contributed by atoms with Gasteiger partial charge in [-0.2, -0.15) is 0 Å². The maximum absolute atomic E-state index is 12.4. The van der Waals surface area contributed by atoms with Crippen LogP contribution in [0.2, 0.25) is 0 Å². The van der Waals surface area contributed by atoms with Crippen molar-refractivity contribution < 1.29 is 9.21 Å². The highest BCUT2D eigenvalue weighted by atomic mass is 32.1. The minimum Gasteiger partial charge on any atom is -0.469 e. The number of carbonyl (C=O) groups excluding carboxylic acids is 1. The topological polar surface area (TPSA) is 50.8 Å². The number of aromatic nitrogens is 2. The maximum Gasteiger partial charge on any atom is 0.257 e. The number of amides is 1. The molecule has 0 aliphatic carbocycles. The number of hydrogen-bond donors (Lipinski definition) is 0. The third-order valence-electron chi connectivity index (χ3n) is 3.45. The lowest BCUT2D eigenvalue weighted by Gasteiger charge is -2.16. The van der Waals surface area contributed by atoms with Crippen molar-refractivity contribution in [2.75, 3.05) is 7.05 Å². The molecule has 0 saturated heterocycles. The highest BCUT2D eigenvalue weighted by Gasteiger charge is 2.18. The first kappa shape index (κ1) is 13.9. The van der Waals surface area contributed by atoms with Crippen molar-refractivity contribution in [3.8, 4) is 0 Å². The van der Waals surface area contributed by atoms with Gasteiger partial charge in [-0.25, -0.2) is 4.98 Å². The van der Waals surface area contributed by atoms with Gasteiger partial charge in [0.1, 0.15) is 12.0 Å². The molecule has 3 heterocycles. The smallest absolute Gasteiger partial charge is 0.257 e. The molecule has 0 unspecified atom stereocenters. The summed E-state index contributed by atoms with van der Waals surface area (Å²) in [5.41, 5.74) is 2.59. The zero-order chi connectivity index (χ0) is 15.1. The Kier molecular flexibility index (Phi) is 3.33. The average molecular weight is 303 g/mol. The molecule has 0 bridgehead atoms. The van der Waals surface area contributed by atoms with Gasteiger partial charge in [0.2, 0.25) is 0 Å². The molecule has 5 nitrogen and oxygen atoms in total. The van der Waals surface area contributed by atoms with E-state index in [1.165, 1.54) is 11.1 Å². The minimum absolute atomic E-state index is 0.0480. The molecule has 21 heavy (non-hydrogen) atoms. The molecule has 3 aromatic heterocycles. The number of thiazole rings is 1. The van der Waals surface area contributed by atoms with Crippen molar-refractivity contribution in [2.24, 2.45) is 0 Å². The molecule has 0 atom stereocenters. The fourth-order valence-corrected chi connectivity index (χ4v) is 3.26. The van der Waals surface area contributed by atoms with Crippen LogP contribution < -0.4 is 0 Å². The van der Waals surface area contributed by atoms with Crippen molar-refractivity contribution >= 4 is 22.2 Å². The fourth-order valence-electron chi connectivity index (χ4n) is 2.37. The van der Waals surface area contributed by atoms with Crippen molar-refractivity contribution in [2.45, 2.75) is 27.3 Å². The van der Waals surface area contributed by atoms with E-state index in [4.69, 9.17) is 4.42 Å². The van der Waals surface area contributed by atoms with E-state index in [0.29, 0.717) is 12.1 Å². The Morgan fingerprint density at radius 1 is 1.43 bits per heavy atom. The SMILES string of the molecule is Cc1cc(C(=O)N(C)Cc2c(C)nc3sc(C)cn23)co1. The lowest BCUT2D eigenvalue weighted by Crippen LogP contribution is -2.26. The predicted molar refractivity (Wildman–Crippen MR) is 81.8 cm³/mol. The number of fused-ring (bicyclic) bond motifs is 1. The summed E-state index contributed by atoms with van der Waals surface area (Å²) in [5, 5.41) is 0. The van der Waals surface area contributed by atoms with Crippen LogP contribution in [0.1, 0.15) is 32.4 Å². The van der Waals surface area contributed by atoms with Crippen LogP contribution in [0.4, 0.5) is 0 Å². The van der Waals surface area contributed by atoms with E-state index in [1.807, 2.05) is 13.8 Å². The summed E-state index contributed by atoms with van der Waals surface area (Å²) in [6, 6.07) is 1.76. The van der Waals surface area contributed by atoms with Crippen LogP contribution in [0.3, 0.4) is 0 Å². The maximum atomic E-state index is 12.4. The summed E-state index contributed by atoms with van der Waals surface area (Å²) in [6.45, 7) is 6.38. The van der Waals surface area contributed by atoms with Crippen molar-refractivity contribution in [3.63, 3.8) is 0 Å². The van der Waals surface area contributed by atoms with Gasteiger partial charge in [0.05, 0.1) is 23.5 Å². The van der Waals surface area contributed by atoms with Gasteiger partial charge < -0.3 is 9.32 Å². The summed E-state index contributed by atoms with van der Waals surface area (Å²) in [6.07, 6.45) is 3.57. The van der Waals surface area contributed by atoms with Gasteiger partial charge in [-0.3, -0.25) is 9.20 Å². The number of rotatable bonds is 3. The fraction of sp³-hybridized carbons (Fsp3) is 0.333. The first-order valence-corrected chi connectivity index (χ1v) is 7.52. The molecule has 0 aliphatic heterocycles. The first-order valence-electron chi connectivity index (χ1n) is 6.70. The Morgan fingerprint density at radius 2 is 2.19 bits per heavy atom. The zero-order valence-corrected chi connectivity index (χ0v) is 13.3. The molecule has 1 amide bonds. The van der Waals surface area contributed by atoms with E-state index >= 15 is 0 Å². The molecule has 0 radical (unpaired) electrons. The third-order valence-corrected chi connectivity index (χ3v) is 4.35. The highest BCUT2D eigenvalue weighted by Crippen LogP contribution is 2.22. The Balaban J connectivity index is 1.87. The standard InChI is InChI=1S/C15H17N3O2S/c1-9-5-12(8-20-9)14(19)17(4)7-13-11(3)16-15-18(13)6-10(2)21-15/h5-6,8H,7H2,1-4H3. The van der Waals surface area contributed by atoms with Gasteiger partial charge in [0.15, 0.2) is 4.96 Å². The van der Waals surface area contributed by atoms with E-state index in [1.54, 1.807) is 29.4 Å². The molecule has 0 fully saturated rings. The zero-order valence-electron chi connectivity index (χ0n) is 12.5. The number of aryl methyl sites for hydroxylation is 3. The van der Waals surface area contributed by atoms with E-state index in [2.05, 4.69) is 22.5 Å². The van der Waals surface area contributed by atoms with Gasteiger partial charge >= 0.3 is 0 Å². The average Bonchev–Trinajstić information content (AvgIpc) is 3.07. The second kappa shape index (κ2) is 5.04. The van der Waals surface area contributed by atoms with Gasteiger partial charge in [-0.15, -0.1) is 11.3 Å².